The van der Waals surface area contributed by atoms with Gasteiger partial charge in [-0.05, 0) is 24.3 Å². The van der Waals surface area contributed by atoms with Gasteiger partial charge in [0.1, 0.15) is 5.69 Å². The number of nitrogens with zero attached hydrogens (tertiary/aromatic N) is 6. The van der Waals surface area contributed by atoms with E-state index in [9.17, 15) is 0 Å². The van der Waals surface area contributed by atoms with Crippen LogP contribution in [0.25, 0.3) is 88.0 Å². The van der Waals surface area contributed by atoms with Gasteiger partial charge in [-0.2, -0.15) is 0 Å². The minimum absolute atomic E-state index is 0.592. The third-order valence-corrected chi connectivity index (χ3v) is 9.40. The van der Waals surface area contributed by atoms with Crippen molar-refractivity contribution in [2.75, 3.05) is 0 Å². The number of hydrogen-bond donors (Lipinski definition) is 0. The highest BCUT2D eigenvalue weighted by Gasteiger charge is 2.18. The first-order valence-corrected chi connectivity index (χ1v) is 16.1. The molecule has 6 nitrogen and oxygen atoms in total. The molecule has 7 heteroatoms. The fourth-order valence-corrected chi connectivity index (χ4v) is 7.14. The quantitative estimate of drug-likeness (QED) is 0.191. The highest BCUT2D eigenvalue weighted by atomic mass is 32.1. The van der Waals surface area contributed by atoms with Crippen molar-refractivity contribution in [2.45, 2.75) is 0 Å². The number of fused-ring (bicyclic) bond motifs is 4. The topological polar surface area (TPSA) is 77.3 Å². The van der Waals surface area contributed by atoms with Gasteiger partial charge in [0.05, 0.1) is 15.9 Å². The molecule has 0 fully saturated rings. The van der Waals surface area contributed by atoms with E-state index in [1.165, 1.54) is 10.1 Å². The number of thiophene rings is 1. The van der Waals surface area contributed by atoms with E-state index >= 15 is 0 Å². The van der Waals surface area contributed by atoms with E-state index in [-0.39, 0.29) is 0 Å². The Hall–Kier alpha value is -6.18. The summed E-state index contributed by atoms with van der Waals surface area (Å²) in [6, 6.07) is 46.9. The fraction of sp³-hybridized carbons (Fsp3) is 0. The summed E-state index contributed by atoms with van der Waals surface area (Å²) in [6.07, 6.45) is 1.85. The second-order valence-corrected chi connectivity index (χ2v) is 12.2. The normalized spacial score (nSPS) is 11.4. The number of rotatable bonds is 5. The number of pyridine rings is 1. The molecule has 0 saturated carbocycles. The van der Waals surface area contributed by atoms with E-state index in [0.29, 0.717) is 23.3 Å². The third kappa shape index (κ3) is 4.90. The lowest BCUT2D eigenvalue weighted by atomic mass is 10.0. The second-order valence-electron chi connectivity index (χ2n) is 11.2. The zero-order chi connectivity index (χ0) is 31.2. The molecule has 9 aromatic rings. The Kier molecular flexibility index (Phi) is 6.54. The fourth-order valence-electron chi connectivity index (χ4n) is 5.96. The second kappa shape index (κ2) is 11.3. The summed E-state index contributed by atoms with van der Waals surface area (Å²) < 4.78 is 2.29. The van der Waals surface area contributed by atoms with Crippen molar-refractivity contribution in [1.82, 2.24) is 29.9 Å². The molecule has 47 heavy (non-hydrogen) atoms. The smallest absolute Gasteiger partial charge is 0.180 e. The van der Waals surface area contributed by atoms with Crippen LogP contribution in [0.15, 0.2) is 146 Å². The maximum atomic E-state index is 5.21. The minimum atomic E-state index is 0.592. The van der Waals surface area contributed by atoms with E-state index in [1.54, 1.807) is 11.3 Å². The first-order chi connectivity index (χ1) is 23.3. The Morgan fingerprint density at radius 1 is 0.383 bits per heavy atom. The van der Waals surface area contributed by atoms with Crippen molar-refractivity contribution in [3.05, 3.63) is 146 Å². The van der Waals surface area contributed by atoms with Gasteiger partial charge < -0.3 is 0 Å². The van der Waals surface area contributed by atoms with Gasteiger partial charge in [-0.15, -0.1) is 11.3 Å². The van der Waals surface area contributed by atoms with Crippen LogP contribution in [0, 0.1) is 0 Å². The van der Waals surface area contributed by atoms with Crippen molar-refractivity contribution in [3.8, 4) is 56.9 Å². The van der Waals surface area contributed by atoms with Gasteiger partial charge in [-0.3, -0.25) is 4.98 Å². The average molecular weight is 621 g/mol. The monoisotopic (exact) mass is 620 g/mol. The van der Waals surface area contributed by atoms with E-state index in [1.807, 2.05) is 97.2 Å². The molecular formula is C40H24N6S. The number of hydrogen-bond acceptors (Lipinski definition) is 7. The Bertz CT molecular complexity index is 2520. The molecule has 0 aliphatic carbocycles. The van der Waals surface area contributed by atoms with Crippen LogP contribution < -0.4 is 0 Å². The van der Waals surface area contributed by atoms with Crippen LogP contribution in [0.4, 0.5) is 0 Å². The van der Waals surface area contributed by atoms with Crippen LogP contribution in [0.1, 0.15) is 0 Å². The molecule has 0 saturated heterocycles. The molecule has 0 unspecified atom stereocenters. The molecule has 0 aliphatic heterocycles. The zero-order valence-electron chi connectivity index (χ0n) is 24.9. The number of aromatic nitrogens is 6. The van der Waals surface area contributed by atoms with E-state index < -0.39 is 0 Å². The molecule has 0 atom stereocenters. The molecule has 0 N–H and O–H groups in total. The molecule has 0 radical (unpaired) electrons. The van der Waals surface area contributed by atoms with Crippen molar-refractivity contribution in [3.63, 3.8) is 0 Å². The van der Waals surface area contributed by atoms with Crippen LogP contribution >= 0.6 is 11.3 Å². The van der Waals surface area contributed by atoms with Crippen LogP contribution in [-0.2, 0) is 0 Å². The first-order valence-electron chi connectivity index (χ1n) is 15.3. The first kappa shape index (κ1) is 27.2. The van der Waals surface area contributed by atoms with Crippen molar-refractivity contribution < 1.29 is 0 Å². The Morgan fingerprint density at radius 3 is 1.72 bits per heavy atom. The maximum absolute atomic E-state index is 5.21. The molecule has 0 bridgehead atoms. The van der Waals surface area contributed by atoms with E-state index in [2.05, 4.69) is 48.5 Å². The van der Waals surface area contributed by atoms with Crippen molar-refractivity contribution >= 4 is 42.4 Å². The highest BCUT2D eigenvalue weighted by Crippen LogP contribution is 2.39. The standard InChI is InChI=1S/C40H24N6S/c1-3-12-25(13-4-1)37-44-38(26-14-5-2-6-15-26)46-39(45-37)28-17-11-16-27(24-28)34-31-19-7-9-20-32(31)42-40(43-34)35-36-30(22-23-41-35)29-18-8-10-21-33(29)47-36/h1-24H. The molecule has 0 aliphatic rings. The number of para-hydroxylation sites is 1. The lowest BCUT2D eigenvalue weighted by Gasteiger charge is -2.11. The molecule has 4 aromatic heterocycles. The largest absolute Gasteiger partial charge is 0.251 e. The van der Waals surface area contributed by atoms with Gasteiger partial charge in [0.15, 0.2) is 23.3 Å². The maximum Gasteiger partial charge on any atom is 0.180 e. The van der Waals surface area contributed by atoms with Crippen LogP contribution in [0.2, 0.25) is 0 Å². The molecular weight excluding hydrogens is 597 g/mol. The van der Waals surface area contributed by atoms with Gasteiger partial charge >= 0.3 is 0 Å². The van der Waals surface area contributed by atoms with Gasteiger partial charge in [-0.25, -0.2) is 24.9 Å². The highest BCUT2D eigenvalue weighted by molar-refractivity contribution is 7.26. The predicted octanol–water partition coefficient (Wildman–Crippen LogP) is 9.91. The summed E-state index contributed by atoms with van der Waals surface area (Å²) in [5, 5.41) is 3.34. The number of benzene rings is 5. The molecule has 220 valence electrons. The van der Waals surface area contributed by atoms with Crippen molar-refractivity contribution in [1.29, 1.82) is 0 Å². The van der Waals surface area contributed by atoms with Crippen LogP contribution in [0.3, 0.4) is 0 Å². The van der Waals surface area contributed by atoms with Crippen LogP contribution in [-0.4, -0.2) is 29.9 Å². The molecule has 0 spiro atoms. The average Bonchev–Trinajstić information content (AvgIpc) is 3.54. The molecule has 9 rings (SSSR count). The molecule has 5 aromatic carbocycles. The van der Waals surface area contributed by atoms with Crippen molar-refractivity contribution in [2.24, 2.45) is 0 Å². The van der Waals surface area contributed by atoms with Gasteiger partial charge in [0.2, 0.25) is 0 Å². The van der Waals surface area contributed by atoms with Gasteiger partial charge in [-0.1, -0.05) is 115 Å². The van der Waals surface area contributed by atoms with Gasteiger partial charge in [0.25, 0.3) is 0 Å². The van der Waals surface area contributed by atoms with Gasteiger partial charge in [0, 0.05) is 49.3 Å². The summed E-state index contributed by atoms with van der Waals surface area (Å²) in [6.45, 7) is 0. The van der Waals surface area contributed by atoms with Crippen LogP contribution in [0.5, 0.6) is 0 Å². The lowest BCUT2D eigenvalue weighted by molar-refractivity contribution is 1.07. The summed E-state index contributed by atoms with van der Waals surface area (Å²) in [7, 11) is 0. The Balaban J connectivity index is 1.22. The predicted molar refractivity (Wildman–Crippen MR) is 191 cm³/mol. The Morgan fingerprint density at radius 2 is 0.979 bits per heavy atom. The molecule has 4 heterocycles. The SMILES string of the molecule is c1ccc(-c2nc(-c3ccccc3)nc(-c3cccc(-c4nc(-c5nccc6c5sc5ccccc56)nc5ccccc45)c3)n2)cc1. The minimum Gasteiger partial charge on any atom is -0.251 e. The summed E-state index contributed by atoms with van der Waals surface area (Å²) in [5.74, 6) is 2.43. The summed E-state index contributed by atoms with van der Waals surface area (Å²) >= 11 is 1.72. The molecule has 0 amide bonds. The zero-order valence-corrected chi connectivity index (χ0v) is 25.8. The summed E-state index contributed by atoms with van der Waals surface area (Å²) in [4.78, 5) is 29.8. The third-order valence-electron chi connectivity index (χ3n) is 8.20. The summed E-state index contributed by atoms with van der Waals surface area (Å²) in [5.41, 5.74) is 6.13. The van der Waals surface area contributed by atoms with E-state index in [4.69, 9.17) is 29.9 Å². The van der Waals surface area contributed by atoms with E-state index in [0.717, 1.165) is 54.6 Å². The lowest BCUT2D eigenvalue weighted by Crippen LogP contribution is -2.00. The Labute approximate surface area is 274 Å².